The van der Waals surface area contributed by atoms with Gasteiger partial charge in [0.05, 0.1) is 13.2 Å². The average molecular weight is 365 g/mol. The molecular formula is C17H23N3O4S. The van der Waals surface area contributed by atoms with Crippen molar-refractivity contribution in [2.24, 2.45) is 5.41 Å². The van der Waals surface area contributed by atoms with E-state index in [0.29, 0.717) is 19.4 Å². The van der Waals surface area contributed by atoms with Crippen LogP contribution in [0.25, 0.3) is 0 Å². The number of ether oxygens (including phenoxy) is 1. The van der Waals surface area contributed by atoms with Crippen molar-refractivity contribution in [1.82, 2.24) is 10.0 Å². The van der Waals surface area contributed by atoms with E-state index in [2.05, 4.69) is 16.1 Å². The van der Waals surface area contributed by atoms with E-state index in [1.165, 1.54) is 20.1 Å². The lowest BCUT2D eigenvalue weighted by Gasteiger charge is -2.17. The number of benzene rings is 1. The van der Waals surface area contributed by atoms with E-state index in [0.717, 1.165) is 5.56 Å². The number of nitrogens with zero attached hydrogens (tertiary/aromatic N) is 1. The van der Waals surface area contributed by atoms with Crippen molar-refractivity contribution in [3.63, 3.8) is 0 Å². The Labute approximate surface area is 148 Å². The zero-order valence-corrected chi connectivity index (χ0v) is 15.7. The van der Waals surface area contributed by atoms with Crippen LogP contribution in [0.3, 0.4) is 0 Å². The first-order valence-corrected chi connectivity index (χ1v) is 9.42. The highest BCUT2D eigenvalue weighted by Gasteiger charge is 2.64. The molecule has 1 atom stereocenters. The van der Waals surface area contributed by atoms with Crippen molar-refractivity contribution in [1.29, 1.82) is 5.26 Å². The first-order chi connectivity index (χ1) is 11.6. The minimum atomic E-state index is -3.93. The Balaban J connectivity index is 2.29. The molecule has 1 fully saturated rings. The third-order valence-electron chi connectivity index (χ3n) is 4.54. The smallest absolute Gasteiger partial charge is 0.245 e. The summed E-state index contributed by atoms with van der Waals surface area (Å²) >= 11 is 0. The Morgan fingerprint density at radius 2 is 2.04 bits per heavy atom. The summed E-state index contributed by atoms with van der Waals surface area (Å²) in [6.07, 6.45) is 0.946. The van der Waals surface area contributed by atoms with Crippen LogP contribution in [-0.2, 0) is 21.2 Å². The molecule has 1 aliphatic rings. The van der Waals surface area contributed by atoms with E-state index in [4.69, 9.17) is 4.74 Å². The summed E-state index contributed by atoms with van der Waals surface area (Å²) in [4.78, 5) is 10.9. The summed E-state index contributed by atoms with van der Waals surface area (Å²) in [5, 5.41) is 12.1. The lowest BCUT2D eigenvalue weighted by Crippen LogP contribution is -2.39. The molecule has 1 aromatic carbocycles. The van der Waals surface area contributed by atoms with Gasteiger partial charge in [0, 0.05) is 18.9 Å². The number of sulfonamides is 1. The van der Waals surface area contributed by atoms with Gasteiger partial charge in [-0.15, -0.1) is 0 Å². The predicted octanol–water partition coefficient (Wildman–Crippen LogP) is 1.34. The largest absolute Gasteiger partial charge is 0.495 e. The molecule has 1 saturated carbocycles. The van der Waals surface area contributed by atoms with Crippen LogP contribution in [0.5, 0.6) is 5.75 Å². The van der Waals surface area contributed by atoms with E-state index in [1.54, 1.807) is 12.1 Å². The van der Waals surface area contributed by atoms with Gasteiger partial charge >= 0.3 is 0 Å². The van der Waals surface area contributed by atoms with Crippen molar-refractivity contribution >= 4 is 15.9 Å². The number of hydrogen-bond donors (Lipinski definition) is 2. The summed E-state index contributed by atoms with van der Waals surface area (Å²) < 4.78 is 33.4. The molecular weight excluding hydrogens is 342 g/mol. The number of nitriles is 1. The Kier molecular flexibility index (Phi) is 5.11. The average Bonchev–Trinajstić information content (AvgIpc) is 3.07. The van der Waals surface area contributed by atoms with E-state index < -0.39 is 21.0 Å². The predicted molar refractivity (Wildman–Crippen MR) is 92.4 cm³/mol. The van der Waals surface area contributed by atoms with Crippen molar-refractivity contribution in [3.05, 3.63) is 23.8 Å². The van der Waals surface area contributed by atoms with Crippen LogP contribution >= 0.6 is 0 Å². The second kappa shape index (κ2) is 6.65. The zero-order valence-electron chi connectivity index (χ0n) is 14.8. The Morgan fingerprint density at radius 3 is 2.52 bits per heavy atom. The van der Waals surface area contributed by atoms with Gasteiger partial charge in [-0.05, 0) is 30.5 Å². The minimum Gasteiger partial charge on any atom is -0.495 e. The van der Waals surface area contributed by atoms with Crippen molar-refractivity contribution < 1.29 is 17.9 Å². The number of nitrogens with one attached hydrogen (secondary N) is 2. The molecule has 1 aliphatic carbocycles. The minimum absolute atomic E-state index is 0.00681. The molecule has 8 heteroatoms. The van der Waals surface area contributed by atoms with Crippen LogP contribution in [0.2, 0.25) is 0 Å². The van der Waals surface area contributed by atoms with Crippen LogP contribution in [0.4, 0.5) is 0 Å². The highest BCUT2D eigenvalue weighted by atomic mass is 32.2. The molecule has 7 nitrogen and oxygen atoms in total. The van der Waals surface area contributed by atoms with E-state index in [9.17, 15) is 18.5 Å². The lowest BCUT2D eigenvalue weighted by molar-refractivity contribution is -0.118. The molecule has 0 saturated heterocycles. The highest BCUT2D eigenvalue weighted by Crippen LogP contribution is 2.55. The summed E-state index contributed by atoms with van der Waals surface area (Å²) in [6, 6.07) is 6.94. The van der Waals surface area contributed by atoms with Gasteiger partial charge in [0.25, 0.3) is 0 Å². The standard InChI is InChI=1S/C17H23N3O4S/c1-12(21)19-8-7-13-5-6-14(24-4)15(9-13)25(22,23)20-17(11-18)10-16(17,2)3/h5-6,9,20H,7-8,10H2,1-4H3,(H,19,21). The first kappa shape index (κ1) is 19.2. The van der Waals surface area contributed by atoms with Gasteiger partial charge < -0.3 is 10.1 Å². The Bertz CT molecular complexity index is 827. The second-order valence-corrected chi connectivity index (χ2v) is 8.55. The van der Waals surface area contributed by atoms with Gasteiger partial charge in [0.2, 0.25) is 15.9 Å². The highest BCUT2D eigenvalue weighted by molar-refractivity contribution is 7.89. The fourth-order valence-electron chi connectivity index (χ4n) is 2.76. The van der Waals surface area contributed by atoms with Gasteiger partial charge in [-0.2, -0.15) is 9.98 Å². The fraction of sp³-hybridized carbons (Fsp3) is 0.529. The molecule has 0 spiro atoms. The summed E-state index contributed by atoms with van der Waals surface area (Å²) in [5.74, 6) is 0.0669. The molecule has 1 aromatic rings. The second-order valence-electron chi connectivity index (χ2n) is 6.90. The third-order valence-corrected chi connectivity index (χ3v) is 6.06. The SMILES string of the molecule is COc1ccc(CCNC(C)=O)cc1S(=O)(=O)NC1(C#N)CC1(C)C. The van der Waals surface area contributed by atoms with Crippen LogP contribution < -0.4 is 14.8 Å². The molecule has 1 unspecified atom stereocenters. The zero-order chi connectivity index (χ0) is 18.9. The molecule has 1 amide bonds. The van der Waals surface area contributed by atoms with Gasteiger partial charge in [0.15, 0.2) is 0 Å². The fourth-order valence-corrected chi connectivity index (χ4v) is 4.45. The van der Waals surface area contributed by atoms with Crippen LogP contribution in [0.1, 0.15) is 32.8 Å². The maximum absolute atomic E-state index is 12.8. The molecule has 0 aromatic heterocycles. The number of hydrogen-bond acceptors (Lipinski definition) is 5. The van der Waals surface area contributed by atoms with E-state index in [1.807, 2.05) is 13.8 Å². The molecule has 0 radical (unpaired) electrons. The molecule has 2 rings (SSSR count). The summed E-state index contributed by atoms with van der Waals surface area (Å²) in [5.41, 5.74) is -0.760. The number of carbonyl (C=O) groups excluding carboxylic acids is 1. The van der Waals surface area contributed by atoms with Gasteiger partial charge in [0.1, 0.15) is 16.2 Å². The van der Waals surface area contributed by atoms with Gasteiger partial charge in [-0.25, -0.2) is 8.42 Å². The summed E-state index contributed by atoms with van der Waals surface area (Å²) in [6.45, 7) is 5.52. The third kappa shape index (κ3) is 3.94. The molecule has 0 aliphatic heterocycles. The van der Waals surface area contributed by atoms with E-state index >= 15 is 0 Å². The lowest BCUT2D eigenvalue weighted by atomic mass is 10.1. The van der Waals surface area contributed by atoms with Crippen LogP contribution in [0, 0.1) is 16.7 Å². The normalized spacial score (nSPS) is 21.2. The molecule has 0 heterocycles. The van der Waals surface area contributed by atoms with Crippen LogP contribution in [0.15, 0.2) is 23.1 Å². The molecule has 136 valence electrons. The quantitative estimate of drug-likeness (QED) is 0.758. The van der Waals surface area contributed by atoms with Gasteiger partial charge in [-0.1, -0.05) is 19.9 Å². The van der Waals surface area contributed by atoms with Gasteiger partial charge in [-0.3, -0.25) is 4.79 Å². The number of carbonyl (C=O) groups is 1. The van der Waals surface area contributed by atoms with Crippen molar-refractivity contribution in [2.75, 3.05) is 13.7 Å². The maximum Gasteiger partial charge on any atom is 0.245 e. The number of rotatable bonds is 7. The van der Waals surface area contributed by atoms with Crippen molar-refractivity contribution in [3.8, 4) is 11.8 Å². The molecule has 2 N–H and O–H groups in total. The number of methoxy groups -OCH3 is 1. The summed E-state index contributed by atoms with van der Waals surface area (Å²) in [7, 11) is -2.53. The monoisotopic (exact) mass is 365 g/mol. The molecule has 25 heavy (non-hydrogen) atoms. The Morgan fingerprint density at radius 1 is 1.40 bits per heavy atom. The number of amides is 1. The first-order valence-electron chi connectivity index (χ1n) is 7.93. The van der Waals surface area contributed by atoms with Crippen LogP contribution in [-0.4, -0.2) is 33.5 Å². The molecule has 0 bridgehead atoms. The maximum atomic E-state index is 12.8. The Hall–Kier alpha value is -2.11. The topological polar surface area (TPSA) is 108 Å². The van der Waals surface area contributed by atoms with E-state index in [-0.39, 0.29) is 16.6 Å². The van der Waals surface area contributed by atoms with Crippen molar-refractivity contribution in [2.45, 2.75) is 44.0 Å².